The summed E-state index contributed by atoms with van der Waals surface area (Å²) in [6, 6.07) is 4.22. The van der Waals surface area contributed by atoms with Gasteiger partial charge in [-0.15, -0.1) is 12.4 Å². The van der Waals surface area contributed by atoms with Crippen LogP contribution in [0.15, 0.2) is 12.1 Å². The summed E-state index contributed by atoms with van der Waals surface area (Å²) in [5.41, 5.74) is 3.40. The van der Waals surface area contributed by atoms with Gasteiger partial charge in [0.05, 0.1) is 7.11 Å². The van der Waals surface area contributed by atoms with Gasteiger partial charge in [-0.05, 0) is 62.4 Å². The molecule has 1 unspecified atom stereocenters. The second-order valence-electron chi connectivity index (χ2n) is 6.41. The van der Waals surface area contributed by atoms with Gasteiger partial charge in [-0.2, -0.15) is 0 Å². The normalized spacial score (nSPS) is 16.8. The molecule has 1 saturated heterocycles. The molecule has 1 amide bonds. The van der Waals surface area contributed by atoms with Crippen molar-refractivity contribution >= 4 is 18.3 Å². The number of aryl methyl sites for hydroxylation is 2. The molecule has 0 aliphatic carbocycles. The smallest absolute Gasteiger partial charge is 0.222 e. The number of hydrogen-bond acceptors (Lipinski definition) is 3. The Balaban J connectivity index is 0.00000264. The summed E-state index contributed by atoms with van der Waals surface area (Å²) in [6.45, 7) is 6.91. The predicted octanol–water partition coefficient (Wildman–Crippen LogP) is 3.08. The minimum atomic E-state index is 0. The van der Waals surface area contributed by atoms with Crippen LogP contribution >= 0.6 is 12.4 Å². The van der Waals surface area contributed by atoms with E-state index in [-0.39, 0.29) is 18.3 Å². The van der Waals surface area contributed by atoms with Crippen molar-refractivity contribution in [3.8, 4) is 5.75 Å². The Morgan fingerprint density at radius 3 is 2.52 bits per heavy atom. The summed E-state index contributed by atoms with van der Waals surface area (Å²) in [5.74, 6) is 1.84. The number of benzene rings is 1. The molecular weight excluding hydrogens is 312 g/mol. The molecule has 5 heteroatoms. The highest BCUT2D eigenvalue weighted by Crippen LogP contribution is 2.25. The zero-order valence-corrected chi connectivity index (χ0v) is 15.5. The van der Waals surface area contributed by atoms with Crippen molar-refractivity contribution in [2.75, 3.05) is 27.2 Å². The quantitative estimate of drug-likeness (QED) is 0.865. The molecule has 130 valence electrons. The van der Waals surface area contributed by atoms with Crippen LogP contribution in [0.4, 0.5) is 0 Å². The number of hydrogen-bond donors (Lipinski definition) is 1. The third-order valence-corrected chi connectivity index (χ3v) is 4.50. The van der Waals surface area contributed by atoms with Gasteiger partial charge in [-0.1, -0.05) is 12.1 Å². The Labute approximate surface area is 146 Å². The van der Waals surface area contributed by atoms with Gasteiger partial charge in [-0.25, -0.2) is 0 Å². The van der Waals surface area contributed by atoms with Gasteiger partial charge in [0, 0.05) is 20.0 Å². The second-order valence-corrected chi connectivity index (χ2v) is 6.41. The van der Waals surface area contributed by atoms with Crippen molar-refractivity contribution in [1.29, 1.82) is 0 Å². The highest BCUT2D eigenvalue weighted by Gasteiger charge is 2.17. The molecule has 1 heterocycles. The van der Waals surface area contributed by atoms with Crippen LogP contribution in [-0.2, 0) is 11.3 Å². The van der Waals surface area contributed by atoms with E-state index in [0.29, 0.717) is 18.9 Å². The molecule has 1 fully saturated rings. The Bertz CT molecular complexity index is 505. The van der Waals surface area contributed by atoms with E-state index in [2.05, 4.69) is 17.4 Å². The number of carbonyl (C=O) groups is 1. The molecule has 1 N–H and O–H groups in total. The average Bonchev–Trinajstić information content (AvgIpc) is 2.97. The fourth-order valence-corrected chi connectivity index (χ4v) is 3.29. The lowest BCUT2D eigenvalue weighted by molar-refractivity contribution is -0.130. The summed E-state index contributed by atoms with van der Waals surface area (Å²) in [5, 5.41) is 3.35. The van der Waals surface area contributed by atoms with Crippen molar-refractivity contribution in [3.63, 3.8) is 0 Å². The van der Waals surface area contributed by atoms with Crippen molar-refractivity contribution in [1.82, 2.24) is 10.2 Å². The average molecular weight is 341 g/mol. The predicted molar refractivity (Wildman–Crippen MR) is 96.4 cm³/mol. The molecule has 1 aromatic carbocycles. The first kappa shape index (κ1) is 19.8. The van der Waals surface area contributed by atoms with Crippen LogP contribution in [0.3, 0.4) is 0 Å². The van der Waals surface area contributed by atoms with Gasteiger partial charge in [-0.3, -0.25) is 4.79 Å². The summed E-state index contributed by atoms with van der Waals surface area (Å²) < 4.78 is 5.39. The highest BCUT2D eigenvalue weighted by molar-refractivity contribution is 5.85. The van der Waals surface area contributed by atoms with E-state index in [1.54, 1.807) is 7.11 Å². The van der Waals surface area contributed by atoms with Gasteiger partial charge in [0.25, 0.3) is 0 Å². The van der Waals surface area contributed by atoms with Gasteiger partial charge < -0.3 is 15.0 Å². The minimum absolute atomic E-state index is 0. The Morgan fingerprint density at radius 1 is 1.35 bits per heavy atom. The summed E-state index contributed by atoms with van der Waals surface area (Å²) in [4.78, 5) is 14.1. The first-order chi connectivity index (χ1) is 10.5. The lowest BCUT2D eigenvalue weighted by atomic mass is 10.0. The van der Waals surface area contributed by atoms with E-state index in [1.165, 1.54) is 6.42 Å². The van der Waals surface area contributed by atoms with Crippen LogP contribution in [0.1, 0.15) is 36.0 Å². The zero-order valence-electron chi connectivity index (χ0n) is 14.6. The van der Waals surface area contributed by atoms with E-state index in [1.807, 2.05) is 25.8 Å². The number of methoxy groups -OCH3 is 1. The van der Waals surface area contributed by atoms with Crippen molar-refractivity contribution < 1.29 is 9.53 Å². The van der Waals surface area contributed by atoms with Gasteiger partial charge >= 0.3 is 0 Å². The first-order valence-electron chi connectivity index (χ1n) is 8.10. The number of rotatable bonds is 6. The largest absolute Gasteiger partial charge is 0.496 e. The molecule has 23 heavy (non-hydrogen) atoms. The van der Waals surface area contributed by atoms with Crippen LogP contribution in [0.2, 0.25) is 0 Å². The fourth-order valence-electron chi connectivity index (χ4n) is 3.29. The Kier molecular flexibility index (Phi) is 7.86. The fraction of sp³-hybridized carbons (Fsp3) is 0.611. The standard InChI is InChI=1S/C18H28N2O2.ClH/c1-13-9-16(10-14(2)18(13)22-4)12-20(3)17(21)6-5-15-7-8-19-11-15;/h9-10,15,19H,5-8,11-12H2,1-4H3;1H. The number of halogens is 1. The molecule has 1 aromatic rings. The van der Waals surface area contributed by atoms with E-state index in [0.717, 1.165) is 42.0 Å². The van der Waals surface area contributed by atoms with Gasteiger partial charge in [0.15, 0.2) is 0 Å². The summed E-state index contributed by atoms with van der Waals surface area (Å²) >= 11 is 0. The van der Waals surface area contributed by atoms with E-state index in [9.17, 15) is 4.79 Å². The summed E-state index contributed by atoms with van der Waals surface area (Å²) in [7, 11) is 3.59. The van der Waals surface area contributed by atoms with Gasteiger partial charge in [0.1, 0.15) is 5.75 Å². The third kappa shape index (κ3) is 5.40. The van der Waals surface area contributed by atoms with Crippen molar-refractivity contribution in [2.45, 2.75) is 39.7 Å². The molecule has 1 aliphatic heterocycles. The van der Waals surface area contributed by atoms with Crippen LogP contribution in [0.5, 0.6) is 5.75 Å². The maximum Gasteiger partial charge on any atom is 0.222 e. The zero-order chi connectivity index (χ0) is 16.1. The lowest BCUT2D eigenvalue weighted by Crippen LogP contribution is -2.26. The maximum absolute atomic E-state index is 12.3. The van der Waals surface area contributed by atoms with Gasteiger partial charge in [0.2, 0.25) is 5.91 Å². The SMILES string of the molecule is COc1c(C)cc(CN(C)C(=O)CCC2CCNC2)cc1C.Cl. The highest BCUT2D eigenvalue weighted by atomic mass is 35.5. The molecule has 0 saturated carbocycles. The van der Waals surface area contributed by atoms with Crippen LogP contribution < -0.4 is 10.1 Å². The minimum Gasteiger partial charge on any atom is -0.496 e. The summed E-state index contributed by atoms with van der Waals surface area (Å²) in [6.07, 6.45) is 2.85. The van der Waals surface area contributed by atoms with Crippen LogP contribution in [-0.4, -0.2) is 38.1 Å². The maximum atomic E-state index is 12.3. The molecule has 0 aromatic heterocycles. The molecule has 0 bridgehead atoms. The van der Waals surface area contributed by atoms with Crippen molar-refractivity contribution in [3.05, 3.63) is 28.8 Å². The monoisotopic (exact) mass is 340 g/mol. The number of amides is 1. The molecular formula is C18H29ClN2O2. The van der Waals surface area contributed by atoms with Crippen LogP contribution in [0.25, 0.3) is 0 Å². The van der Waals surface area contributed by atoms with E-state index < -0.39 is 0 Å². The molecule has 0 spiro atoms. The van der Waals surface area contributed by atoms with Crippen LogP contribution in [0, 0.1) is 19.8 Å². The van der Waals surface area contributed by atoms with E-state index in [4.69, 9.17) is 4.74 Å². The number of nitrogens with zero attached hydrogens (tertiary/aromatic N) is 1. The number of nitrogens with one attached hydrogen (secondary N) is 1. The topological polar surface area (TPSA) is 41.6 Å². The molecule has 4 nitrogen and oxygen atoms in total. The molecule has 0 radical (unpaired) electrons. The molecule has 1 atom stereocenters. The molecule has 1 aliphatic rings. The van der Waals surface area contributed by atoms with E-state index >= 15 is 0 Å². The number of ether oxygens (including phenoxy) is 1. The third-order valence-electron chi connectivity index (χ3n) is 4.50. The second kappa shape index (κ2) is 9.14. The lowest BCUT2D eigenvalue weighted by Gasteiger charge is -2.20. The Morgan fingerprint density at radius 2 is 2.00 bits per heavy atom. The first-order valence-corrected chi connectivity index (χ1v) is 8.10. The molecule has 2 rings (SSSR count). The Hall–Kier alpha value is -1.26. The number of carbonyl (C=O) groups excluding carboxylic acids is 1. The van der Waals surface area contributed by atoms with Crippen molar-refractivity contribution in [2.24, 2.45) is 5.92 Å².